The summed E-state index contributed by atoms with van der Waals surface area (Å²) in [5, 5.41) is 2.95. The number of carbonyl (C=O) groups excluding carboxylic acids is 1. The number of hydrogen-bond acceptors (Lipinski definition) is 3. The zero-order valence-corrected chi connectivity index (χ0v) is 10.1. The van der Waals surface area contributed by atoms with Crippen LogP contribution in [0.25, 0.3) is 10.9 Å². The van der Waals surface area contributed by atoms with Crippen molar-refractivity contribution < 1.29 is 13.6 Å². The molecule has 0 radical (unpaired) electrons. The van der Waals surface area contributed by atoms with Crippen molar-refractivity contribution in [2.45, 2.75) is 5.92 Å². The Morgan fingerprint density at radius 2 is 2.05 bits per heavy atom. The molecule has 6 heteroatoms. The Hall–Kier alpha value is -2.08. The van der Waals surface area contributed by atoms with Crippen molar-refractivity contribution in [1.82, 2.24) is 10.3 Å². The van der Waals surface area contributed by atoms with Crippen LogP contribution in [0.3, 0.4) is 0 Å². The summed E-state index contributed by atoms with van der Waals surface area (Å²) in [5.41, 5.74) is 5.66. The van der Waals surface area contributed by atoms with Gasteiger partial charge in [-0.2, -0.15) is 0 Å². The highest BCUT2D eigenvalue weighted by Gasteiger charge is 2.27. The summed E-state index contributed by atoms with van der Waals surface area (Å²) >= 11 is 0. The number of rotatable bonds is 4. The smallest absolute Gasteiger partial charge is 0.277 e. The van der Waals surface area contributed by atoms with Crippen LogP contribution in [-0.2, 0) is 0 Å². The summed E-state index contributed by atoms with van der Waals surface area (Å²) < 4.78 is 26.0. The molecule has 0 fully saturated rings. The molecule has 19 heavy (non-hydrogen) atoms. The normalized spacial score (nSPS) is 11.5. The van der Waals surface area contributed by atoms with Gasteiger partial charge in [-0.15, -0.1) is 0 Å². The van der Waals surface area contributed by atoms with Crippen LogP contribution in [0.1, 0.15) is 10.4 Å². The standard InChI is InChI=1S/C13H13F2N3O/c14-13(15,7-16)8-18-12(19)10-5-1-3-9-4-2-6-17-11(9)10/h1-6H,7-8,16H2,(H,18,19). The average molecular weight is 265 g/mol. The van der Waals surface area contributed by atoms with Crippen LogP contribution in [-0.4, -0.2) is 29.9 Å². The highest BCUT2D eigenvalue weighted by molar-refractivity contribution is 6.05. The maximum atomic E-state index is 13.0. The summed E-state index contributed by atoms with van der Waals surface area (Å²) in [4.78, 5) is 16.0. The number of nitrogens with two attached hydrogens (primary N) is 1. The summed E-state index contributed by atoms with van der Waals surface area (Å²) in [6.07, 6.45) is 1.55. The highest BCUT2D eigenvalue weighted by Crippen LogP contribution is 2.16. The van der Waals surface area contributed by atoms with Crippen LogP contribution in [0.4, 0.5) is 8.78 Å². The van der Waals surface area contributed by atoms with Crippen molar-refractivity contribution in [3.63, 3.8) is 0 Å². The lowest BCUT2D eigenvalue weighted by molar-refractivity contribution is 0.0119. The van der Waals surface area contributed by atoms with E-state index >= 15 is 0 Å². The molecule has 0 aliphatic rings. The van der Waals surface area contributed by atoms with E-state index in [1.54, 1.807) is 36.5 Å². The van der Waals surface area contributed by atoms with Crippen LogP contribution in [0.2, 0.25) is 0 Å². The van der Waals surface area contributed by atoms with E-state index in [0.29, 0.717) is 5.52 Å². The van der Waals surface area contributed by atoms with E-state index in [2.05, 4.69) is 10.3 Å². The first-order valence-electron chi connectivity index (χ1n) is 5.73. The number of nitrogens with one attached hydrogen (secondary N) is 1. The van der Waals surface area contributed by atoms with E-state index in [9.17, 15) is 13.6 Å². The van der Waals surface area contributed by atoms with Crippen LogP contribution < -0.4 is 11.1 Å². The Morgan fingerprint density at radius 1 is 1.32 bits per heavy atom. The molecule has 0 unspecified atom stereocenters. The molecule has 1 amide bonds. The fourth-order valence-corrected chi connectivity index (χ4v) is 1.66. The third kappa shape index (κ3) is 3.03. The number of pyridine rings is 1. The zero-order valence-electron chi connectivity index (χ0n) is 10.1. The summed E-state index contributed by atoms with van der Waals surface area (Å²) in [6.45, 7) is -1.59. The maximum Gasteiger partial charge on any atom is 0.277 e. The minimum Gasteiger partial charge on any atom is -0.346 e. The summed E-state index contributed by atoms with van der Waals surface area (Å²) in [7, 11) is 0. The van der Waals surface area contributed by atoms with Crippen molar-refractivity contribution in [1.29, 1.82) is 0 Å². The van der Waals surface area contributed by atoms with E-state index in [1.165, 1.54) is 0 Å². The van der Waals surface area contributed by atoms with Crippen LogP contribution in [0, 0.1) is 0 Å². The van der Waals surface area contributed by atoms with Gasteiger partial charge in [0.1, 0.15) is 0 Å². The Bertz CT molecular complexity index is 596. The van der Waals surface area contributed by atoms with Crippen molar-refractivity contribution in [2.24, 2.45) is 5.73 Å². The topological polar surface area (TPSA) is 68.0 Å². The number of aromatic nitrogens is 1. The van der Waals surface area contributed by atoms with Crippen molar-refractivity contribution in [3.8, 4) is 0 Å². The Labute approximate surface area is 108 Å². The number of hydrogen-bond donors (Lipinski definition) is 2. The summed E-state index contributed by atoms with van der Waals surface area (Å²) in [6, 6.07) is 8.57. The third-order valence-corrected chi connectivity index (χ3v) is 2.68. The molecule has 0 atom stereocenters. The van der Waals surface area contributed by atoms with E-state index in [0.717, 1.165) is 5.39 Å². The first kappa shape index (κ1) is 13.4. The fraction of sp³-hybridized carbons (Fsp3) is 0.231. The lowest BCUT2D eigenvalue weighted by Crippen LogP contribution is -2.41. The number of carbonyl (C=O) groups is 1. The monoisotopic (exact) mass is 265 g/mol. The van der Waals surface area contributed by atoms with Crippen molar-refractivity contribution in [3.05, 3.63) is 42.1 Å². The van der Waals surface area contributed by atoms with Crippen LogP contribution in [0.5, 0.6) is 0 Å². The number of alkyl halides is 2. The highest BCUT2D eigenvalue weighted by atomic mass is 19.3. The van der Waals surface area contributed by atoms with Gasteiger partial charge in [0.2, 0.25) is 0 Å². The zero-order chi connectivity index (χ0) is 13.9. The van der Waals surface area contributed by atoms with Crippen LogP contribution in [0.15, 0.2) is 36.5 Å². The Kier molecular flexibility index (Phi) is 3.71. The predicted octanol–water partition coefficient (Wildman–Crippen LogP) is 1.56. The van der Waals surface area contributed by atoms with E-state index < -0.39 is 24.9 Å². The van der Waals surface area contributed by atoms with Crippen molar-refractivity contribution >= 4 is 16.8 Å². The van der Waals surface area contributed by atoms with Crippen molar-refractivity contribution in [2.75, 3.05) is 13.1 Å². The van der Waals surface area contributed by atoms with E-state index in [-0.39, 0.29) is 5.56 Å². The lowest BCUT2D eigenvalue weighted by atomic mass is 10.1. The van der Waals surface area contributed by atoms with Crippen LogP contribution >= 0.6 is 0 Å². The Morgan fingerprint density at radius 3 is 2.79 bits per heavy atom. The average Bonchev–Trinajstić information content (AvgIpc) is 2.44. The molecule has 1 aromatic heterocycles. The SMILES string of the molecule is NCC(F)(F)CNC(=O)c1cccc2cccnc12. The van der Waals surface area contributed by atoms with E-state index in [1.807, 2.05) is 0 Å². The molecular weight excluding hydrogens is 252 g/mol. The van der Waals surface area contributed by atoms with Gasteiger partial charge >= 0.3 is 0 Å². The predicted molar refractivity (Wildman–Crippen MR) is 68.1 cm³/mol. The van der Waals surface area contributed by atoms with Gasteiger partial charge in [-0.25, -0.2) is 8.78 Å². The molecule has 0 aliphatic carbocycles. The number of nitrogens with zero attached hydrogens (tertiary/aromatic N) is 1. The second-order valence-corrected chi connectivity index (χ2v) is 4.12. The number of halogens is 2. The molecule has 100 valence electrons. The second kappa shape index (κ2) is 5.27. The molecule has 0 bridgehead atoms. The molecule has 2 aromatic rings. The number of amides is 1. The molecule has 0 saturated heterocycles. The fourth-order valence-electron chi connectivity index (χ4n) is 1.66. The molecular formula is C13H13F2N3O. The molecule has 0 spiro atoms. The third-order valence-electron chi connectivity index (χ3n) is 2.68. The lowest BCUT2D eigenvalue weighted by Gasteiger charge is -2.14. The number of benzene rings is 1. The number of fused-ring (bicyclic) bond motifs is 1. The Balaban J connectivity index is 2.23. The molecule has 2 rings (SSSR count). The van der Waals surface area contributed by atoms with Gasteiger partial charge in [0.05, 0.1) is 24.2 Å². The summed E-state index contributed by atoms with van der Waals surface area (Å²) in [5.74, 6) is -3.69. The van der Waals surface area contributed by atoms with Gasteiger partial charge in [0.25, 0.3) is 11.8 Å². The molecule has 1 heterocycles. The first-order chi connectivity index (χ1) is 9.03. The largest absolute Gasteiger partial charge is 0.346 e. The van der Waals surface area contributed by atoms with Gasteiger partial charge < -0.3 is 11.1 Å². The molecule has 0 saturated carbocycles. The molecule has 0 aliphatic heterocycles. The maximum absolute atomic E-state index is 13.0. The quantitative estimate of drug-likeness (QED) is 0.881. The van der Waals surface area contributed by atoms with E-state index in [4.69, 9.17) is 5.73 Å². The molecule has 1 aromatic carbocycles. The van der Waals surface area contributed by atoms with Gasteiger partial charge in [0.15, 0.2) is 0 Å². The second-order valence-electron chi connectivity index (χ2n) is 4.12. The molecule has 4 nitrogen and oxygen atoms in total. The van der Waals surface area contributed by atoms with Gasteiger partial charge in [-0.3, -0.25) is 9.78 Å². The molecule has 3 N–H and O–H groups in total. The van der Waals surface area contributed by atoms with Gasteiger partial charge in [0, 0.05) is 11.6 Å². The minimum absolute atomic E-state index is 0.269. The minimum atomic E-state index is -3.10. The van der Waals surface area contributed by atoms with Gasteiger partial charge in [-0.05, 0) is 12.1 Å². The first-order valence-corrected chi connectivity index (χ1v) is 5.73. The number of para-hydroxylation sites is 1. The van der Waals surface area contributed by atoms with Gasteiger partial charge in [-0.1, -0.05) is 18.2 Å².